The summed E-state index contributed by atoms with van der Waals surface area (Å²) in [7, 11) is 2.01. The molecule has 14 heavy (non-hydrogen) atoms. The van der Waals surface area contributed by atoms with Crippen LogP contribution in [0.3, 0.4) is 0 Å². The molecule has 0 aromatic carbocycles. The molecule has 1 unspecified atom stereocenters. The van der Waals surface area contributed by atoms with Gasteiger partial charge in [-0.3, -0.25) is 4.98 Å². The highest BCUT2D eigenvalue weighted by Crippen LogP contribution is 1.97. The van der Waals surface area contributed by atoms with Crippen molar-refractivity contribution < 1.29 is 5.11 Å². The number of hydrogen-bond acceptors (Lipinski definition) is 3. The average molecular weight is 194 g/mol. The molecule has 0 fully saturated rings. The summed E-state index contributed by atoms with van der Waals surface area (Å²) in [6.45, 7) is 3.45. The van der Waals surface area contributed by atoms with E-state index in [4.69, 9.17) is 5.11 Å². The third-order valence-corrected chi connectivity index (χ3v) is 2.05. The minimum Gasteiger partial charge on any atom is -0.392 e. The molecular weight excluding hydrogens is 176 g/mol. The van der Waals surface area contributed by atoms with Crippen LogP contribution in [0, 0.1) is 0 Å². The second-order valence-electron chi connectivity index (χ2n) is 3.68. The molecule has 0 aliphatic rings. The van der Waals surface area contributed by atoms with E-state index in [2.05, 4.69) is 9.88 Å². The van der Waals surface area contributed by atoms with E-state index < -0.39 is 0 Å². The first kappa shape index (κ1) is 11.1. The van der Waals surface area contributed by atoms with Crippen molar-refractivity contribution in [1.82, 2.24) is 9.88 Å². The number of hydrogen-bond donors (Lipinski definition) is 1. The zero-order valence-electron chi connectivity index (χ0n) is 8.85. The summed E-state index contributed by atoms with van der Waals surface area (Å²) >= 11 is 0. The number of aliphatic hydroxyl groups is 1. The van der Waals surface area contributed by atoms with Gasteiger partial charge in [-0.15, -0.1) is 0 Å². The van der Waals surface area contributed by atoms with Crippen LogP contribution < -0.4 is 0 Å². The number of likely N-dealkylation sites (N-methyl/N-ethyl adjacent to an activating group) is 1. The van der Waals surface area contributed by atoms with E-state index in [1.54, 1.807) is 6.92 Å². The van der Waals surface area contributed by atoms with Gasteiger partial charge in [-0.1, -0.05) is 6.07 Å². The van der Waals surface area contributed by atoms with Gasteiger partial charge in [0.15, 0.2) is 0 Å². The van der Waals surface area contributed by atoms with Crippen LogP contribution in [0.2, 0.25) is 0 Å². The smallest absolute Gasteiger partial charge is 0.0638 e. The third kappa shape index (κ3) is 4.35. The number of rotatable bonds is 5. The maximum absolute atomic E-state index is 9.16. The van der Waals surface area contributed by atoms with Crippen molar-refractivity contribution >= 4 is 0 Å². The zero-order chi connectivity index (χ0) is 10.4. The second-order valence-corrected chi connectivity index (χ2v) is 3.68. The average Bonchev–Trinajstić information content (AvgIpc) is 2.15. The molecule has 1 atom stereocenters. The van der Waals surface area contributed by atoms with Crippen molar-refractivity contribution in [2.75, 3.05) is 20.1 Å². The van der Waals surface area contributed by atoms with Crippen LogP contribution in [-0.4, -0.2) is 41.2 Å². The van der Waals surface area contributed by atoms with Gasteiger partial charge < -0.3 is 10.0 Å². The molecule has 0 amide bonds. The first-order valence-corrected chi connectivity index (χ1v) is 4.95. The van der Waals surface area contributed by atoms with Crippen molar-refractivity contribution in [3.63, 3.8) is 0 Å². The van der Waals surface area contributed by atoms with Gasteiger partial charge >= 0.3 is 0 Å². The van der Waals surface area contributed by atoms with Crippen LogP contribution in [0.15, 0.2) is 24.4 Å². The topological polar surface area (TPSA) is 36.4 Å². The highest BCUT2D eigenvalue weighted by Gasteiger charge is 2.02. The van der Waals surface area contributed by atoms with Gasteiger partial charge in [0.05, 0.1) is 6.10 Å². The van der Waals surface area contributed by atoms with Crippen molar-refractivity contribution in [3.05, 3.63) is 30.1 Å². The summed E-state index contributed by atoms with van der Waals surface area (Å²) in [5.74, 6) is 0. The highest BCUT2D eigenvalue weighted by molar-refractivity contribution is 5.03. The molecule has 1 heterocycles. The van der Waals surface area contributed by atoms with E-state index in [9.17, 15) is 0 Å². The largest absolute Gasteiger partial charge is 0.392 e. The van der Waals surface area contributed by atoms with Crippen LogP contribution in [0.4, 0.5) is 0 Å². The molecule has 1 N–H and O–H groups in total. The zero-order valence-corrected chi connectivity index (χ0v) is 8.85. The fraction of sp³-hybridized carbons (Fsp3) is 0.545. The first-order chi connectivity index (χ1) is 6.68. The molecule has 78 valence electrons. The molecule has 0 radical (unpaired) electrons. The Labute approximate surface area is 85.4 Å². The Hall–Kier alpha value is -0.930. The molecule has 0 bridgehead atoms. The standard InChI is InChI=1S/C11H18N2O/c1-10(14)9-13(2)8-6-11-5-3-4-7-12-11/h3-5,7,10,14H,6,8-9H2,1-2H3. The quantitative estimate of drug-likeness (QED) is 0.757. The summed E-state index contributed by atoms with van der Waals surface area (Å²) in [6.07, 6.45) is 2.48. The molecule has 0 spiro atoms. The van der Waals surface area contributed by atoms with Gasteiger partial charge in [0.1, 0.15) is 0 Å². The van der Waals surface area contributed by atoms with E-state index in [1.165, 1.54) is 0 Å². The Kier molecular flexibility index (Phi) is 4.56. The monoisotopic (exact) mass is 194 g/mol. The summed E-state index contributed by atoms with van der Waals surface area (Å²) in [5, 5.41) is 9.16. The van der Waals surface area contributed by atoms with E-state index in [-0.39, 0.29) is 6.10 Å². The Morgan fingerprint density at radius 1 is 1.50 bits per heavy atom. The Morgan fingerprint density at radius 2 is 2.29 bits per heavy atom. The van der Waals surface area contributed by atoms with Crippen molar-refractivity contribution in [3.8, 4) is 0 Å². The highest BCUT2D eigenvalue weighted by atomic mass is 16.3. The number of aliphatic hydroxyl groups excluding tert-OH is 1. The second kappa shape index (κ2) is 5.73. The maximum atomic E-state index is 9.16. The third-order valence-electron chi connectivity index (χ3n) is 2.05. The summed E-state index contributed by atoms with van der Waals surface area (Å²) in [5.41, 5.74) is 1.10. The van der Waals surface area contributed by atoms with Crippen molar-refractivity contribution in [2.45, 2.75) is 19.4 Å². The Bertz CT molecular complexity index is 249. The van der Waals surface area contributed by atoms with Gasteiger partial charge in [0, 0.05) is 31.4 Å². The van der Waals surface area contributed by atoms with Crippen molar-refractivity contribution in [2.24, 2.45) is 0 Å². The molecule has 1 aromatic heterocycles. The lowest BCUT2D eigenvalue weighted by atomic mass is 10.2. The van der Waals surface area contributed by atoms with Crippen LogP contribution in [-0.2, 0) is 6.42 Å². The maximum Gasteiger partial charge on any atom is 0.0638 e. The number of pyridine rings is 1. The minimum absolute atomic E-state index is 0.260. The Balaban J connectivity index is 2.27. The van der Waals surface area contributed by atoms with Gasteiger partial charge in [-0.25, -0.2) is 0 Å². The SMILES string of the molecule is CC(O)CN(C)CCc1ccccn1. The molecule has 0 aliphatic heterocycles. The molecule has 1 rings (SSSR count). The van der Waals surface area contributed by atoms with Gasteiger partial charge in [0.2, 0.25) is 0 Å². The minimum atomic E-state index is -0.260. The van der Waals surface area contributed by atoms with Crippen LogP contribution >= 0.6 is 0 Å². The first-order valence-electron chi connectivity index (χ1n) is 4.95. The van der Waals surface area contributed by atoms with Gasteiger partial charge in [-0.2, -0.15) is 0 Å². The molecule has 0 saturated heterocycles. The predicted molar refractivity (Wildman–Crippen MR) is 57.1 cm³/mol. The van der Waals surface area contributed by atoms with Gasteiger partial charge in [0.25, 0.3) is 0 Å². The molecule has 3 nitrogen and oxygen atoms in total. The Morgan fingerprint density at radius 3 is 2.86 bits per heavy atom. The lowest BCUT2D eigenvalue weighted by molar-refractivity contribution is 0.142. The molecule has 3 heteroatoms. The van der Waals surface area contributed by atoms with E-state index >= 15 is 0 Å². The number of nitrogens with zero attached hydrogens (tertiary/aromatic N) is 2. The predicted octanol–water partition coefficient (Wildman–Crippen LogP) is 0.937. The molecule has 1 aromatic rings. The fourth-order valence-electron chi connectivity index (χ4n) is 1.39. The van der Waals surface area contributed by atoms with E-state index in [0.717, 1.165) is 18.7 Å². The fourth-order valence-corrected chi connectivity index (χ4v) is 1.39. The van der Waals surface area contributed by atoms with E-state index in [1.807, 2.05) is 31.4 Å². The number of aromatic nitrogens is 1. The van der Waals surface area contributed by atoms with Gasteiger partial charge in [-0.05, 0) is 26.1 Å². The molecule has 0 saturated carbocycles. The van der Waals surface area contributed by atoms with Crippen LogP contribution in [0.1, 0.15) is 12.6 Å². The van der Waals surface area contributed by atoms with Crippen molar-refractivity contribution in [1.29, 1.82) is 0 Å². The van der Waals surface area contributed by atoms with E-state index in [0.29, 0.717) is 6.54 Å². The van der Waals surface area contributed by atoms with Crippen LogP contribution in [0.25, 0.3) is 0 Å². The lowest BCUT2D eigenvalue weighted by Crippen LogP contribution is -2.29. The normalized spacial score (nSPS) is 13.1. The molecular formula is C11H18N2O. The summed E-state index contributed by atoms with van der Waals surface area (Å²) < 4.78 is 0. The summed E-state index contributed by atoms with van der Waals surface area (Å²) in [4.78, 5) is 6.35. The molecule has 0 aliphatic carbocycles. The lowest BCUT2D eigenvalue weighted by Gasteiger charge is -2.17. The summed E-state index contributed by atoms with van der Waals surface area (Å²) in [6, 6.07) is 5.94. The van der Waals surface area contributed by atoms with Crippen LogP contribution in [0.5, 0.6) is 0 Å².